The van der Waals surface area contributed by atoms with Crippen molar-refractivity contribution in [3.8, 4) is 0 Å². The second kappa shape index (κ2) is 73.5. The van der Waals surface area contributed by atoms with Crippen molar-refractivity contribution >= 4 is 11.9 Å². The van der Waals surface area contributed by atoms with Gasteiger partial charge in [0.05, 0.1) is 25.4 Å². The number of esters is 1. The third kappa shape index (κ3) is 69.2. The summed E-state index contributed by atoms with van der Waals surface area (Å²) in [4.78, 5) is 24.6. The Kier molecular flexibility index (Phi) is 71.9. The van der Waals surface area contributed by atoms with Gasteiger partial charge in [0.1, 0.15) is 0 Å². The fourth-order valence-electron chi connectivity index (χ4n) is 12.1. The topological polar surface area (TPSA) is 95.9 Å². The van der Waals surface area contributed by atoms with Gasteiger partial charge in [-0.3, -0.25) is 9.59 Å². The van der Waals surface area contributed by atoms with Crippen molar-refractivity contribution in [1.29, 1.82) is 0 Å². The van der Waals surface area contributed by atoms with Gasteiger partial charge in [0.15, 0.2) is 0 Å². The number of ether oxygens (including phenoxy) is 1. The van der Waals surface area contributed by atoms with Gasteiger partial charge in [0.2, 0.25) is 5.91 Å². The molecule has 0 aliphatic carbocycles. The van der Waals surface area contributed by atoms with Gasteiger partial charge in [-0.1, -0.05) is 371 Å². The molecule has 1 amide bonds. The predicted octanol–water partition coefficient (Wildman–Crippen LogP) is 25.0. The minimum atomic E-state index is -0.664. The van der Waals surface area contributed by atoms with Crippen LogP contribution in [0.25, 0.3) is 0 Å². The minimum absolute atomic E-state index is 0.00409. The molecule has 0 rings (SSSR count). The van der Waals surface area contributed by atoms with Crippen LogP contribution in [0.2, 0.25) is 0 Å². The normalized spacial score (nSPS) is 12.7. The number of hydrogen-bond acceptors (Lipinski definition) is 5. The van der Waals surface area contributed by atoms with Crippen molar-refractivity contribution in [2.24, 2.45) is 0 Å². The van der Waals surface area contributed by atoms with Crippen LogP contribution in [0.3, 0.4) is 0 Å². The highest BCUT2D eigenvalue weighted by molar-refractivity contribution is 5.76. The molecule has 0 radical (unpaired) electrons. The van der Waals surface area contributed by atoms with Crippen molar-refractivity contribution < 1.29 is 24.5 Å². The number of amides is 1. The summed E-state index contributed by atoms with van der Waals surface area (Å²) < 4.78 is 5.48. The molecule has 3 N–H and O–H groups in total. The van der Waals surface area contributed by atoms with Gasteiger partial charge < -0.3 is 20.3 Å². The number of aliphatic hydroxyl groups excluding tert-OH is 2. The summed E-state index contributed by atoms with van der Waals surface area (Å²) in [7, 11) is 0. The van der Waals surface area contributed by atoms with Gasteiger partial charge >= 0.3 is 5.97 Å². The monoisotopic (exact) mass is 1180 g/mol. The summed E-state index contributed by atoms with van der Waals surface area (Å²) in [6, 6.07) is -0.541. The van der Waals surface area contributed by atoms with Crippen LogP contribution in [0, 0.1) is 0 Å². The molecule has 0 aromatic heterocycles. The van der Waals surface area contributed by atoms with Crippen molar-refractivity contribution in [2.45, 2.75) is 437 Å². The first-order valence-electron chi connectivity index (χ1n) is 38.2. The number of nitrogens with one attached hydrogen (secondary N) is 1. The molecule has 2 atom stereocenters. The van der Waals surface area contributed by atoms with E-state index in [4.69, 9.17) is 4.74 Å². The molecule has 2 unspecified atom stereocenters. The van der Waals surface area contributed by atoms with E-state index in [2.05, 4.69) is 55.6 Å². The molecular weight excluding hydrogens is 1030 g/mol. The minimum Gasteiger partial charge on any atom is -0.466 e. The van der Waals surface area contributed by atoms with E-state index in [1.165, 1.54) is 340 Å². The first-order valence-corrected chi connectivity index (χ1v) is 38.2. The van der Waals surface area contributed by atoms with Gasteiger partial charge in [-0.25, -0.2) is 0 Å². The first kappa shape index (κ1) is 82.1. The highest BCUT2D eigenvalue weighted by atomic mass is 16.5. The zero-order valence-corrected chi connectivity index (χ0v) is 56.9. The summed E-state index contributed by atoms with van der Waals surface area (Å²) in [6.45, 7) is 4.95. The quantitative estimate of drug-likeness (QED) is 0.0320. The lowest BCUT2D eigenvalue weighted by Crippen LogP contribution is -2.45. The lowest BCUT2D eigenvalue weighted by atomic mass is 10.0. The number of aliphatic hydroxyl groups is 2. The molecule has 0 saturated carbocycles. The summed E-state index contributed by atoms with van der Waals surface area (Å²) >= 11 is 0. The Balaban J connectivity index is 3.36. The van der Waals surface area contributed by atoms with Crippen molar-refractivity contribution in [3.05, 3.63) is 36.5 Å². The van der Waals surface area contributed by atoms with Crippen LogP contribution in [0.1, 0.15) is 425 Å². The fraction of sp³-hybridized carbons (Fsp3) is 0.897. The molecule has 0 aliphatic heterocycles. The zero-order chi connectivity index (χ0) is 60.6. The van der Waals surface area contributed by atoms with E-state index in [1.54, 1.807) is 0 Å². The molecule has 0 fully saturated rings. The summed E-state index contributed by atoms with van der Waals surface area (Å²) in [5.41, 5.74) is 0. The molecule has 0 aromatic carbocycles. The SMILES string of the molecule is CCCC/C=C\C/C=C\CCCCCCCC(=O)OCCCCCCCCCCCCCC/C=C\CCCCCCCCCCCCCCCCCCC(=O)NC(CO)C(O)CCCCCCCCCCCCCCCCCCCCCCC. The molecule has 0 heterocycles. The molecule has 6 nitrogen and oxygen atoms in total. The van der Waals surface area contributed by atoms with Gasteiger partial charge in [-0.15, -0.1) is 0 Å². The number of unbranched alkanes of at least 4 members (excludes halogenated alkanes) is 55. The van der Waals surface area contributed by atoms with Gasteiger partial charge in [-0.05, 0) is 77.0 Å². The molecule has 0 aliphatic rings. The fourth-order valence-corrected chi connectivity index (χ4v) is 12.1. The van der Waals surface area contributed by atoms with Crippen molar-refractivity contribution in [3.63, 3.8) is 0 Å². The van der Waals surface area contributed by atoms with Crippen LogP contribution in [0.4, 0.5) is 0 Å². The van der Waals surface area contributed by atoms with E-state index in [-0.39, 0.29) is 18.5 Å². The Labute approximate surface area is 525 Å². The number of hydrogen-bond donors (Lipinski definition) is 3. The average Bonchev–Trinajstić information content (AvgIpc) is 3.51. The predicted molar refractivity (Wildman–Crippen MR) is 370 cm³/mol. The smallest absolute Gasteiger partial charge is 0.305 e. The third-order valence-electron chi connectivity index (χ3n) is 17.9. The molecule has 0 bridgehead atoms. The summed E-state index contributed by atoms with van der Waals surface area (Å²) in [6.07, 6.45) is 95.1. The number of allylic oxidation sites excluding steroid dienone is 6. The molecule has 0 saturated heterocycles. The number of carbonyl (C=O) groups excluding carboxylic acids is 2. The number of rotatable bonds is 72. The Morgan fingerprint density at radius 3 is 0.952 bits per heavy atom. The zero-order valence-electron chi connectivity index (χ0n) is 56.9. The van der Waals surface area contributed by atoms with E-state index in [9.17, 15) is 19.8 Å². The van der Waals surface area contributed by atoms with Crippen LogP contribution in [0.5, 0.6) is 0 Å². The van der Waals surface area contributed by atoms with Crippen LogP contribution in [-0.4, -0.2) is 47.4 Å². The van der Waals surface area contributed by atoms with Crippen molar-refractivity contribution in [2.75, 3.05) is 13.2 Å². The van der Waals surface area contributed by atoms with E-state index in [1.807, 2.05) is 0 Å². The van der Waals surface area contributed by atoms with Gasteiger partial charge in [0.25, 0.3) is 0 Å². The standard InChI is InChI=1S/C78H149NO5/c1-3-5-7-9-11-13-15-17-19-20-21-34-37-40-43-46-50-54-58-62-66-70-76(81)75(74-80)79-77(82)71-67-63-59-55-51-47-44-41-38-35-32-30-28-26-24-22-23-25-27-29-31-33-36-39-42-45-49-53-57-61-65-69-73-84-78(83)72-68-64-60-56-52-48-18-16-14-12-10-8-6-4-2/h10,12,16,18,25,27,75-76,80-81H,3-9,11,13-15,17,19-24,26,28-74H2,1-2H3,(H,79,82)/b12-10-,18-16-,27-25-. The highest BCUT2D eigenvalue weighted by Gasteiger charge is 2.20. The Morgan fingerprint density at radius 1 is 0.333 bits per heavy atom. The van der Waals surface area contributed by atoms with Crippen LogP contribution in [-0.2, 0) is 14.3 Å². The van der Waals surface area contributed by atoms with E-state index in [0.717, 1.165) is 51.4 Å². The Hall–Kier alpha value is -1.92. The van der Waals surface area contributed by atoms with Crippen LogP contribution >= 0.6 is 0 Å². The third-order valence-corrected chi connectivity index (χ3v) is 17.9. The Morgan fingerprint density at radius 2 is 0.607 bits per heavy atom. The lowest BCUT2D eigenvalue weighted by Gasteiger charge is -2.22. The van der Waals surface area contributed by atoms with Crippen LogP contribution in [0.15, 0.2) is 36.5 Å². The first-order chi connectivity index (χ1) is 41.5. The van der Waals surface area contributed by atoms with E-state index >= 15 is 0 Å². The van der Waals surface area contributed by atoms with E-state index < -0.39 is 12.1 Å². The Bertz CT molecular complexity index is 1360. The maximum absolute atomic E-state index is 12.6. The molecular formula is C78H149NO5. The summed E-state index contributed by atoms with van der Waals surface area (Å²) in [5.74, 6) is -0.0236. The molecule has 496 valence electrons. The molecule has 6 heteroatoms. The maximum Gasteiger partial charge on any atom is 0.305 e. The van der Waals surface area contributed by atoms with Gasteiger partial charge in [-0.2, -0.15) is 0 Å². The maximum atomic E-state index is 12.6. The lowest BCUT2D eigenvalue weighted by molar-refractivity contribution is -0.143. The average molecular weight is 1180 g/mol. The molecule has 0 spiro atoms. The number of carbonyl (C=O) groups is 2. The van der Waals surface area contributed by atoms with Crippen LogP contribution < -0.4 is 5.32 Å². The second-order valence-electron chi connectivity index (χ2n) is 26.3. The molecule has 0 aromatic rings. The highest BCUT2D eigenvalue weighted by Crippen LogP contribution is 2.19. The largest absolute Gasteiger partial charge is 0.466 e. The van der Waals surface area contributed by atoms with Crippen molar-refractivity contribution in [1.82, 2.24) is 5.32 Å². The summed E-state index contributed by atoms with van der Waals surface area (Å²) in [5, 5.41) is 23.4. The van der Waals surface area contributed by atoms with E-state index in [0.29, 0.717) is 25.9 Å². The molecule has 84 heavy (non-hydrogen) atoms. The van der Waals surface area contributed by atoms with Gasteiger partial charge in [0, 0.05) is 12.8 Å². The second-order valence-corrected chi connectivity index (χ2v) is 26.3.